The van der Waals surface area contributed by atoms with Gasteiger partial charge in [0.25, 0.3) is 0 Å². The van der Waals surface area contributed by atoms with Crippen LogP contribution in [0.15, 0.2) is 18.2 Å². The molecule has 60 valence electrons. The highest BCUT2D eigenvalue weighted by atomic mass is 35.5. The van der Waals surface area contributed by atoms with Crippen LogP contribution in [0.5, 0.6) is 0 Å². The maximum absolute atomic E-state index is 5.71. The van der Waals surface area contributed by atoms with E-state index in [4.69, 9.17) is 17.3 Å². The van der Waals surface area contributed by atoms with Crippen molar-refractivity contribution in [2.24, 2.45) is 5.73 Å². The fraction of sp³-hybridized carbons (Fsp3) is 0.333. The lowest BCUT2D eigenvalue weighted by Gasteiger charge is -2.05. The molecular weight excluding hydrogens is 158 g/mol. The molecule has 1 aromatic carbocycles. The molecule has 0 aliphatic carbocycles. The summed E-state index contributed by atoms with van der Waals surface area (Å²) in [6, 6.07) is 6.01. The summed E-state index contributed by atoms with van der Waals surface area (Å²) in [4.78, 5) is 0. The van der Waals surface area contributed by atoms with Gasteiger partial charge in [0, 0.05) is 0 Å². The molecule has 1 rings (SSSR count). The lowest BCUT2D eigenvalue weighted by Crippen LogP contribution is -2.02. The van der Waals surface area contributed by atoms with E-state index in [0.717, 1.165) is 5.56 Å². The number of hydrogen-bond acceptors (Lipinski definition) is 1. The molecule has 0 amide bonds. The molecule has 1 aromatic rings. The Morgan fingerprint density at radius 2 is 1.91 bits per heavy atom. The Kier molecular flexibility index (Phi) is 2.53. The van der Waals surface area contributed by atoms with Crippen molar-refractivity contribution in [2.45, 2.75) is 19.3 Å². The van der Waals surface area contributed by atoms with E-state index in [1.165, 1.54) is 11.1 Å². The second-order valence-electron chi connectivity index (χ2n) is 2.75. The summed E-state index contributed by atoms with van der Waals surface area (Å²) >= 11 is 5.71. The Morgan fingerprint density at radius 3 is 2.36 bits per heavy atom. The van der Waals surface area contributed by atoms with Gasteiger partial charge >= 0.3 is 0 Å². The molecule has 1 atom stereocenters. The number of aryl methyl sites for hydroxylation is 2. The van der Waals surface area contributed by atoms with Crippen molar-refractivity contribution in [2.75, 3.05) is 0 Å². The van der Waals surface area contributed by atoms with E-state index in [0.29, 0.717) is 0 Å². The maximum Gasteiger partial charge on any atom is 0.106 e. The zero-order chi connectivity index (χ0) is 8.43. The van der Waals surface area contributed by atoms with Crippen molar-refractivity contribution in [1.82, 2.24) is 0 Å². The third-order valence-electron chi connectivity index (χ3n) is 1.85. The van der Waals surface area contributed by atoms with Gasteiger partial charge in [-0.25, -0.2) is 0 Å². The predicted octanol–water partition coefficient (Wildman–Crippen LogP) is 2.50. The van der Waals surface area contributed by atoms with E-state index < -0.39 is 0 Å². The zero-order valence-electron chi connectivity index (χ0n) is 6.76. The summed E-state index contributed by atoms with van der Waals surface area (Å²) in [6.45, 7) is 4.12. The summed E-state index contributed by atoms with van der Waals surface area (Å²) in [5.41, 5.74) is 8.60. The Bertz CT molecular complexity index is 256. The Balaban J connectivity index is 3.05. The molecule has 0 fully saturated rings. The number of hydrogen-bond donors (Lipinski definition) is 1. The van der Waals surface area contributed by atoms with Crippen LogP contribution in [0.2, 0.25) is 0 Å². The molecule has 0 radical (unpaired) electrons. The Morgan fingerprint density at radius 1 is 1.27 bits per heavy atom. The van der Waals surface area contributed by atoms with E-state index in [1.54, 1.807) is 0 Å². The predicted molar refractivity (Wildman–Crippen MR) is 48.7 cm³/mol. The molecule has 0 aliphatic heterocycles. The number of alkyl halides is 1. The average Bonchev–Trinajstić information content (AvgIpc) is 1.94. The fourth-order valence-corrected chi connectivity index (χ4v) is 1.07. The van der Waals surface area contributed by atoms with E-state index in [2.05, 4.69) is 13.8 Å². The van der Waals surface area contributed by atoms with Gasteiger partial charge in [-0.15, -0.1) is 11.6 Å². The van der Waals surface area contributed by atoms with E-state index in [1.807, 2.05) is 18.2 Å². The van der Waals surface area contributed by atoms with Crippen LogP contribution in [0.3, 0.4) is 0 Å². The molecule has 0 spiro atoms. The first-order chi connectivity index (χ1) is 5.11. The third-order valence-corrected chi connectivity index (χ3v) is 2.10. The van der Waals surface area contributed by atoms with Crippen LogP contribution in [0, 0.1) is 13.8 Å². The third kappa shape index (κ3) is 1.95. The highest BCUT2D eigenvalue weighted by Gasteiger charge is 2.01. The lowest BCUT2D eigenvalue weighted by molar-refractivity contribution is 1.01. The molecular formula is C9H12ClN. The van der Waals surface area contributed by atoms with Gasteiger partial charge in [0.1, 0.15) is 5.50 Å². The quantitative estimate of drug-likeness (QED) is 0.508. The highest BCUT2D eigenvalue weighted by Crippen LogP contribution is 2.17. The van der Waals surface area contributed by atoms with Crippen molar-refractivity contribution < 1.29 is 0 Å². The van der Waals surface area contributed by atoms with Gasteiger partial charge in [0.15, 0.2) is 0 Å². The van der Waals surface area contributed by atoms with Gasteiger partial charge in [0.2, 0.25) is 0 Å². The molecule has 0 saturated carbocycles. The zero-order valence-corrected chi connectivity index (χ0v) is 7.52. The summed E-state index contributed by atoms with van der Waals surface area (Å²) in [7, 11) is 0. The minimum absolute atomic E-state index is 0.380. The summed E-state index contributed by atoms with van der Waals surface area (Å²) in [5.74, 6) is 0. The van der Waals surface area contributed by atoms with Gasteiger partial charge in [-0.05, 0) is 30.5 Å². The van der Waals surface area contributed by atoms with Crippen LogP contribution in [0.4, 0.5) is 0 Å². The number of rotatable bonds is 1. The first kappa shape index (κ1) is 8.57. The Hall–Kier alpha value is -0.530. The van der Waals surface area contributed by atoms with Crippen LogP contribution < -0.4 is 5.73 Å². The molecule has 1 unspecified atom stereocenters. The largest absolute Gasteiger partial charge is 0.312 e. The topological polar surface area (TPSA) is 26.0 Å². The summed E-state index contributed by atoms with van der Waals surface area (Å²) in [5, 5.41) is 0. The van der Waals surface area contributed by atoms with Crippen LogP contribution in [0.25, 0.3) is 0 Å². The molecule has 11 heavy (non-hydrogen) atoms. The normalized spacial score (nSPS) is 13.1. The minimum atomic E-state index is -0.380. The smallest absolute Gasteiger partial charge is 0.106 e. The van der Waals surface area contributed by atoms with Gasteiger partial charge in [-0.1, -0.05) is 18.2 Å². The molecule has 0 saturated heterocycles. The number of nitrogens with two attached hydrogens (primary N) is 1. The molecule has 0 aromatic heterocycles. The standard InChI is InChI=1S/C9H12ClN/c1-6-3-4-8(9(10)11)5-7(6)2/h3-5,9H,11H2,1-2H3. The van der Waals surface area contributed by atoms with Crippen LogP contribution in [-0.4, -0.2) is 0 Å². The second kappa shape index (κ2) is 3.24. The fourth-order valence-electron chi connectivity index (χ4n) is 0.936. The number of benzene rings is 1. The van der Waals surface area contributed by atoms with Crippen LogP contribution >= 0.6 is 11.6 Å². The Labute approximate surface area is 72.2 Å². The maximum atomic E-state index is 5.71. The molecule has 0 aliphatic rings. The van der Waals surface area contributed by atoms with Crippen LogP contribution in [-0.2, 0) is 0 Å². The van der Waals surface area contributed by atoms with E-state index in [9.17, 15) is 0 Å². The van der Waals surface area contributed by atoms with Crippen molar-refractivity contribution in [3.05, 3.63) is 34.9 Å². The van der Waals surface area contributed by atoms with E-state index >= 15 is 0 Å². The molecule has 2 N–H and O–H groups in total. The van der Waals surface area contributed by atoms with Crippen molar-refractivity contribution in [3.63, 3.8) is 0 Å². The minimum Gasteiger partial charge on any atom is -0.312 e. The average molecular weight is 170 g/mol. The highest BCUT2D eigenvalue weighted by molar-refractivity contribution is 6.20. The van der Waals surface area contributed by atoms with E-state index in [-0.39, 0.29) is 5.50 Å². The first-order valence-corrected chi connectivity index (χ1v) is 4.01. The summed E-state index contributed by atoms with van der Waals surface area (Å²) in [6.07, 6.45) is 0. The number of halogens is 1. The molecule has 0 heterocycles. The second-order valence-corrected chi connectivity index (χ2v) is 3.22. The van der Waals surface area contributed by atoms with Crippen molar-refractivity contribution in [1.29, 1.82) is 0 Å². The molecule has 0 bridgehead atoms. The lowest BCUT2D eigenvalue weighted by atomic mass is 10.1. The van der Waals surface area contributed by atoms with Crippen molar-refractivity contribution >= 4 is 11.6 Å². The SMILES string of the molecule is Cc1ccc(C(N)Cl)cc1C. The monoisotopic (exact) mass is 169 g/mol. The first-order valence-electron chi connectivity index (χ1n) is 3.58. The van der Waals surface area contributed by atoms with Crippen LogP contribution in [0.1, 0.15) is 22.2 Å². The molecule has 2 heteroatoms. The summed E-state index contributed by atoms with van der Waals surface area (Å²) < 4.78 is 0. The molecule has 1 nitrogen and oxygen atoms in total. The van der Waals surface area contributed by atoms with Crippen molar-refractivity contribution in [3.8, 4) is 0 Å². The van der Waals surface area contributed by atoms with Gasteiger partial charge < -0.3 is 5.73 Å². The van der Waals surface area contributed by atoms with Gasteiger partial charge in [-0.3, -0.25) is 0 Å². The van der Waals surface area contributed by atoms with Gasteiger partial charge in [-0.2, -0.15) is 0 Å². The van der Waals surface area contributed by atoms with Gasteiger partial charge in [0.05, 0.1) is 0 Å².